The lowest BCUT2D eigenvalue weighted by molar-refractivity contribution is -0.187. The fourth-order valence-corrected chi connectivity index (χ4v) is 4.74. The van der Waals surface area contributed by atoms with Crippen molar-refractivity contribution in [2.75, 3.05) is 19.8 Å². The molecule has 2 N–H and O–H groups in total. The molecule has 1 aliphatic rings. The van der Waals surface area contributed by atoms with Crippen LogP contribution in [0.1, 0.15) is 49.9 Å². The minimum absolute atomic E-state index is 0.133. The number of hydrogen-bond acceptors (Lipinski definition) is 7. The van der Waals surface area contributed by atoms with E-state index in [2.05, 4.69) is 45.5 Å². The zero-order valence-electron chi connectivity index (χ0n) is 18.8. The van der Waals surface area contributed by atoms with E-state index in [-0.39, 0.29) is 6.04 Å². The second kappa shape index (κ2) is 11.2. The van der Waals surface area contributed by atoms with Crippen molar-refractivity contribution in [1.82, 2.24) is 14.5 Å². The Morgan fingerprint density at radius 3 is 2.68 bits per heavy atom. The SMILES string of the molecule is C[Si](C)(C)CCOCn1c(Br)cnc1C(N)CCCCCC1(c2ncco2)OCCO1. The Labute approximate surface area is 194 Å². The minimum atomic E-state index is -1.10. The molecule has 0 aliphatic carbocycles. The highest BCUT2D eigenvalue weighted by atomic mass is 79.9. The highest BCUT2D eigenvalue weighted by molar-refractivity contribution is 9.10. The van der Waals surface area contributed by atoms with Crippen LogP contribution >= 0.6 is 15.9 Å². The number of aromatic nitrogens is 3. The summed E-state index contributed by atoms with van der Waals surface area (Å²) in [7, 11) is -1.10. The second-order valence-corrected chi connectivity index (χ2v) is 15.6. The van der Waals surface area contributed by atoms with E-state index in [1.54, 1.807) is 18.7 Å². The van der Waals surface area contributed by atoms with Gasteiger partial charge in [0.05, 0.1) is 31.6 Å². The number of imidazole rings is 1. The lowest BCUT2D eigenvalue weighted by atomic mass is 10.0. The maximum atomic E-state index is 6.46. The highest BCUT2D eigenvalue weighted by Crippen LogP contribution is 2.35. The van der Waals surface area contributed by atoms with Crippen molar-refractivity contribution in [2.45, 2.75) is 76.3 Å². The van der Waals surface area contributed by atoms with Gasteiger partial charge in [-0.15, -0.1) is 0 Å². The van der Waals surface area contributed by atoms with Gasteiger partial charge in [-0.1, -0.05) is 32.5 Å². The molecular formula is C21H35BrN4O4Si. The first kappa shape index (κ1) is 24.6. The van der Waals surface area contributed by atoms with Gasteiger partial charge in [0, 0.05) is 21.1 Å². The third-order valence-electron chi connectivity index (χ3n) is 5.42. The molecule has 3 heterocycles. The van der Waals surface area contributed by atoms with Crippen LogP contribution in [0.25, 0.3) is 0 Å². The Balaban J connectivity index is 1.42. The van der Waals surface area contributed by atoms with E-state index in [4.69, 9.17) is 24.4 Å². The highest BCUT2D eigenvalue weighted by Gasteiger charge is 2.42. The molecule has 8 nitrogen and oxygen atoms in total. The van der Waals surface area contributed by atoms with E-state index < -0.39 is 13.9 Å². The summed E-state index contributed by atoms with van der Waals surface area (Å²) in [5.41, 5.74) is 6.46. The number of oxazole rings is 1. The Kier molecular flexibility index (Phi) is 8.88. The van der Waals surface area contributed by atoms with Gasteiger partial charge in [-0.3, -0.25) is 4.57 Å². The lowest BCUT2D eigenvalue weighted by Gasteiger charge is -2.23. The minimum Gasteiger partial charge on any atom is -0.444 e. The van der Waals surface area contributed by atoms with E-state index in [1.807, 2.05) is 4.57 Å². The van der Waals surface area contributed by atoms with Crippen LogP contribution in [0, 0.1) is 0 Å². The quantitative estimate of drug-likeness (QED) is 0.302. The van der Waals surface area contributed by atoms with Gasteiger partial charge in [0.15, 0.2) is 0 Å². The van der Waals surface area contributed by atoms with E-state index >= 15 is 0 Å². The van der Waals surface area contributed by atoms with Gasteiger partial charge in [-0.2, -0.15) is 0 Å². The molecule has 0 radical (unpaired) electrons. The summed E-state index contributed by atoms with van der Waals surface area (Å²) in [6.45, 7) is 9.41. The van der Waals surface area contributed by atoms with Crippen LogP contribution in [0.2, 0.25) is 25.7 Å². The van der Waals surface area contributed by atoms with E-state index in [0.29, 0.717) is 32.3 Å². The molecule has 31 heavy (non-hydrogen) atoms. The number of hydrogen-bond donors (Lipinski definition) is 1. The Morgan fingerprint density at radius 2 is 2.00 bits per heavy atom. The molecule has 1 aliphatic heterocycles. The molecule has 3 rings (SSSR count). The van der Waals surface area contributed by atoms with E-state index in [0.717, 1.165) is 48.8 Å². The molecule has 1 saturated heterocycles. The van der Waals surface area contributed by atoms with E-state index in [1.165, 1.54) is 0 Å². The Bertz CT molecular complexity index is 788. The summed E-state index contributed by atoms with van der Waals surface area (Å²) in [4.78, 5) is 8.74. The standard InChI is InChI=1S/C21H35BrN4O4Si/c1-31(2,3)14-13-27-16-26-18(22)15-25-19(26)17(23)7-5-4-6-8-21(29-11-12-30-21)20-24-9-10-28-20/h9-10,15,17H,4-8,11-14,16,23H2,1-3H3. The van der Waals surface area contributed by atoms with Gasteiger partial charge >= 0.3 is 0 Å². The smallest absolute Gasteiger partial charge is 0.255 e. The molecular weight excluding hydrogens is 480 g/mol. The monoisotopic (exact) mass is 514 g/mol. The zero-order chi connectivity index (χ0) is 22.3. The largest absolute Gasteiger partial charge is 0.444 e. The van der Waals surface area contributed by atoms with Crippen molar-refractivity contribution < 1.29 is 18.6 Å². The van der Waals surface area contributed by atoms with Crippen molar-refractivity contribution in [3.8, 4) is 0 Å². The average Bonchev–Trinajstić information content (AvgIpc) is 3.46. The molecule has 2 aromatic rings. The van der Waals surface area contributed by atoms with Crippen LogP contribution in [0.5, 0.6) is 0 Å². The van der Waals surface area contributed by atoms with Crippen molar-refractivity contribution in [1.29, 1.82) is 0 Å². The lowest BCUT2D eigenvalue weighted by Crippen LogP contribution is -2.27. The van der Waals surface area contributed by atoms with Gasteiger partial charge in [0.25, 0.3) is 5.89 Å². The molecule has 2 aromatic heterocycles. The van der Waals surface area contributed by atoms with Gasteiger partial charge in [-0.05, 0) is 34.8 Å². The Morgan fingerprint density at radius 1 is 1.23 bits per heavy atom. The number of halogens is 1. The molecule has 0 spiro atoms. The summed E-state index contributed by atoms with van der Waals surface area (Å²) in [6, 6.07) is 1.01. The molecule has 1 unspecified atom stereocenters. The number of nitrogens with zero attached hydrogens (tertiary/aromatic N) is 3. The van der Waals surface area contributed by atoms with Crippen LogP contribution in [-0.2, 0) is 26.7 Å². The molecule has 1 fully saturated rings. The van der Waals surface area contributed by atoms with Crippen LogP contribution in [0.3, 0.4) is 0 Å². The molecule has 0 aromatic carbocycles. The summed E-state index contributed by atoms with van der Waals surface area (Å²) in [6.07, 6.45) is 9.48. The predicted octanol–water partition coefficient (Wildman–Crippen LogP) is 4.80. The van der Waals surface area contributed by atoms with Crippen molar-refractivity contribution >= 4 is 24.0 Å². The summed E-state index contributed by atoms with van der Waals surface area (Å²) in [5.74, 6) is 0.529. The summed E-state index contributed by atoms with van der Waals surface area (Å²) in [5, 5.41) is 0. The molecule has 10 heteroatoms. The fourth-order valence-electron chi connectivity index (χ4n) is 3.60. The maximum absolute atomic E-state index is 6.46. The molecule has 0 amide bonds. The third-order valence-corrected chi connectivity index (χ3v) is 7.76. The van der Waals surface area contributed by atoms with Gasteiger partial charge in [0.1, 0.15) is 23.4 Å². The average molecular weight is 516 g/mol. The van der Waals surface area contributed by atoms with E-state index in [9.17, 15) is 0 Å². The van der Waals surface area contributed by atoms with Crippen LogP contribution in [0.4, 0.5) is 0 Å². The zero-order valence-corrected chi connectivity index (χ0v) is 21.4. The van der Waals surface area contributed by atoms with Gasteiger partial charge in [-0.25, -0.2) is 9.97 Å². The first-order chi connectivity index (χ1) is 14.8. The summed E-state index contributed by atoms with van der Waals surface area (Å²) >= 11 is 3.56. The normalized spacial score (nSPS) is 17.3. The second-order valence-electron chi connectivity index (χ2n) is 9.21. The number of unbranched alkanes of at least 4 members (excludes halogenated alkanes) is 2. The number of nitrogens with two attached hydrogens (primary N) is 1. The fraction of sp³-hybridized carbons (Fsp3) is 0.714. The molecule has 174 valence electrons. The van der Waals surface area contributed by atoms with Crippen LogP contribution in [0.15, 0.2) is 27.7 Å². The van der Waals surface area contributed by atoms with Crippen molar-refractivity contribution in [3.63, 3.8) is 0 Å². The van der Waals surface area contributed by atoms with Crippen LogP contribution < -0.4 is 5.73 Å². The Hall–Kier alpha value is -1.04. The van der Waals surface area contributed by atoms with Crippen molar-refractivity contribution in [3.05, 3.63) is 35.0 Å². The number of rotatable bonds is 13. The summed E-state index contributed by atoms with van der Waals surface area (Å²) < 4.78 is 25.9. The molecule has 1 atom stereocenters. The predicted molar refractivity (Wildman–Crippen MR) is 124 cm³/mol. The maximum Gasteiger partial charge on any atom is 0.255 e. The van der Waals surface area contributed by atoms with Crippen LogP contribution in [-0.4, -0.2) is 42.4 Å². The van der Waals surface area contributed by atoms with Crippen molar-refractivity contribution in [2.24, 2.45) is 5.73 Å². The van der Waals surface area contributed by atoms with Gasteiger partial charge in [0.2, 0.25) is 5.79 Å². The first-order valence-corrected chi connectivity index (χ1v) is 15.5. The third kappa shape index (κ3) is 6.97. The van der Waals surface area contributed by atoms with Gasteiger partial charge < -0.3 is 24.4 Å². The first-order valence-electron chi connectivity index (χ1n) is 11.0. The molecule has 0 saturated carbocycles. The number of ether oxygens (including phenoxy) is 3. The molecule has 0 bridgehead atoms. The topological polar surface area (TPSA) is 97.6 Å².